The van der Waals surface area contributed by atoms with Crippen molar-refractivity contribution in [3.05, 3.63) is 75.6 Å². The lowest BCUT2D eigenvalue weighted by molar-refractivity contribution is -0.384. The van der Waals surface area contributed by atoms with Crippen LogP contribution in [0.2, 0.25) is 0 Å². The fraction of sp³-hybridized carbons (Fsp3) is 0.190. The van der Waals surface area contributed by atoms with Crippen molar-refractivity contribution in [2.45, 2.75) is 20.5 Å². The lowest BCUT2D eigenvalue weighted by Gasteiger charge is -2.22. The molecule has 0 saturated heterocycles. The average molecular weight is 452 g/mol. The second-order valence-electron chi connectivity index (χ2n) is 6.82. The van der Waals surface area contributed by atoms with Gasteiger partial charge in [-0.3, -0.25) is 19.8 Å². The molecule has 0 atom stereocenters. The Hall–Kier alpha value is -4.61. The van der Waals surface area contributed by atoms with E-state index in [1.54, 1.807) is 12.1 Å². The molecule has 0 fully saturated rings. The van der Waals surface area contributed by atoms with Crippen LogP contribution in [0.3, 0.4) is 0 Å². The molecule has 1 aromatic heterocycles. The lowest BCUT2D eigenvalue weighted by atomic mass is 10.2. The van der Waals surface area contributed by atoms with E-state index in [0.29, 0.717) is 5.69 Å². The van der Waals surface area contributed by atoms with E-state index in [9.17, 15) is 19.7 Å². The number of hydrogen-bond donors (Lipinski definition) is 1. The van der Waals surface area contributed by atoms with Gasteiger partial charge < -0.3 is 15.2 Å². The molecule has 2 N–H and O–H groups in total. The molecular formula is C21H20N6O6. The summed E-state index contributed by atoms with van der Waals surface area (Å²) in [6.45, 7) is 2.70. The summed E-state index contributed by atoms with van der Waals surface area (Å²) < 4.78 is 10.3. The average Bonchev–Trinajstić information content (AvgIpc) is 2.78. The van der Waals surface area contributed by atoms with Crippen molar-refractivity contribution in [2.75, 3.05) is 17.4 Å². The number of anilines is 3. The monoisotopic (exact) mass is 452 g/mol. The minimum absolute atomic E-state index is 0.0627. The van der Waals surface area contributed by atoms with E-state index in [0.717, 1.165) is 5.56 Å². The highest BCUT2D eigenvalue weighted by Crippen LogP contribution is 2.23. The minimum Gasteiger partial charge on any atom is -0.454 e. The lowest BCUT2D eigenvalue weighted by Crippen LogP contribution is -2.25. The van der Waals surface area contributed by atoms with Crippen LogP contribution >= 0.6 is 0 Å². The third-order valence-corrected chi connectivity index (χ3v) is 4.32. The maximum Gasteiger partial charge on any atom is 0.338 e. The Kier molecular flexibility index (Phi) is 7.08. The number of hydrogen-bond acceptors (Lipinski definition) is 11. The summed E-state index contributed by atoms with van der Waals surface area (Å²) in [5.74, 6) is -1.19. The molecule has 0 aliphatic rings. The van der Waals surface area contributed by atoms with Gasteiger partial charge in [0.05, 0.1) is 10.5 Å². The summed E-state index contributed by atoms with van der Waals surface area (Å²) in [6.07, 6.45) is 0. The Morgan fingerprint density at radius 1 is 1.03 bits per heavy atom. The third kappa shape index (κ3) is 6.19. The number of ether oxygens (including phenoxy) is 2. The summed E-state index contributed by atoms with van der Waals surface area (Å²) in [6, 6.07) is 12.3. The number of aryl methyl sites for hydroxylation is 1. The number of non-ortho nitro benzene ring substituents is 1. The highest BCUT2D eigenvalue weighted by molar-refractivity contribution is 5.89. The number of aromatic nitrogens is 3. The summed E-state index contributed by atoms with van der Waals surface area (Å²) in [4.78, 5) is 47.7. The maximum absolute atomic E-state index is 12.3. The number of benzene rings is 2. The first-order chi connectivity index (χ1) is 15.7. The van der Waals surface area contributed by atoms with Crippen LogP contribution in [0.15, 0.2) is 48.5 Å². The van der Waals surface area contributed by atoms with Gasteiger partial charge in [-0.25, -0.2) is 4.79 Å². The van der Waals surface area contributed by atoms with Gasteiger partial charge in [0.2, 0.25) is 11.9 Å². The molecule has 0 bridgehead atoms. The largest absolute Gasteiger partial charge is 0.454 e. The van der Waals surface area contributed by atoms with Gasteiger partial charge in [0.1, 0.15) is 0 Å². The van der Waals surface area contributed by atoms with Crippen molar-refractivity contribution in [1.29, 1.82) is 0 Å². The Morgan fingerprint density at radius 2 is 1.70 bits per heavy atom. The molecule has 12 nitrogen and oxygen atoms in total. The normalized spacial score (nSPS) is 10.4. The molecule has 0 spiro atoms. The SMILES string of the molecule is CC(=O)OCN(c1ccc(C)cc1)c1nc(N)nc(COC(=O)c2ccc([N+](=O)[O-])cc2)n1. The maximum atomic E-state index is 12.3. The fourth-order valence-electron chi connectivity index (χ4n) is 2.67. The van der Waals surface area contributed by atoms with E-state index >= 15 is 0 Å². The Bertz CT molecular complexity index is 1170. The van der Waals surface area contributed by atoms with Gasteiger partial charge in [-0.2, -0.15) is 15.0 Å². The van der Waals surface area contributed by atoms with Crippen molar-refractivity contribution in [2.24, 2.45) is 0 Å². The van der Waals surface area contributed by atoms with Crippen molar-refractivity contribution in [1.82, 2.24) is 15.0 Å². The fourth-order valence-corrected chi connectivity index (χ4v) is 2.67. The van der Waals surface area contributed by atoms with Gasteiger partial charge in [-0.1, -0.05) is 17.7 Å². The number of nitro benzene ring substituents is 1. The zero-order valence-corrected chi connectivity index (χ0v) is 17.8. The number of nitrogens with zero attached hydrogens (tertiary/aromatic N) is 5. The third-order valence-electron chi connectivity index (χ3n) is 4.32. The zero-order valence-electron chi connectivity index (χ0n) is 17.8. The number of esters is 2. The van der Waals surface area contributed by atoms with Gasteiger partial charge in [0, 0.05) is 24.7 Å². The molecule has 1 heterocycles. The molecule has 12 heteroatoms. The highest BCUT2D eigenvalue weighted by Gasteiger charge is 2.18. The molecule has 0 aliphatic carbocycles. The number of carbonyl (C=O) groups is 2. The number of rotatable bonds is 8. The predicted octanol–water partition coefficient (Wildman–Crippen LogP) is 2.69. The summed E-state index contributed by atoms with van der Waals surface area (Å²) in [7, 11) is 0. The molecule has 0 amide bonds. The molecule has 33 heavy (non-hydrogen) atoms. The zero-order chi connectivity index (χ0) is 24.0. The van der Waals surface area contributed by atoms with Crippen LogP contribution in [0.5, 0.6) is 0 Å². The quantitative estimate of drug-likeness (QED) is 0.231. The van der Waals surface area contributed by atoms with Crippen molar-refractivity contribution in [3.8, 4) is 0 Å². The van der Waals surface area contributed by atoms with Crippen LogP contribution in [0.4, 0.5) is 23.3 Å². The van der Waals surface area contributed by atoms with Crippen molar-refractivity contribution >= 4 is 35.2 Å². The first-order valence-electron chi connectivity index (χ1n) is 9.62. The second-order valence-corrected chi connectivity index (χ2v) is 6.82. The minimum atomic E-state index is -0.722. The van der Waals surface area contributed by atoms with Gasteiger partial charge >= 0.3 is 11.9 Å². The Morgan fingerprint density at radius 3 is 2.30 bits per heavy atom. The predicted molar refractivity (Wildman–Crippen MR) is 116 cm³/mol. The Balaban J connectivity index is 1.80. The topological polar surface area (TPSA) is 164 Å². The molecule has 0 unspecified atom stereocenters. The van der Waals surface area contributed by atoms with Crippen LogP contribution in [0, 0.1) is 17.0 Å². The Labute approximate surface area is 188 Å². The standard InChI is InChI=1S/C21H20N6O6/c1-13-3-7-16(8-4-13)26(12-33-14(2)28)21-24-18(23-20(22)25-21)11-32-19(29)15-5-9-17(10-6-15)27(30)31/h3-10H,11-12H2,1-2H3,(H2,22,23,24,25). The highest BCUT2D eigenvalue weighted by atomic mass is 16.6. The molecule has 0 saturated carbocycles. The molecule has 2 aromatic carbocycles. The van der Waals surface area contributed by atoms with Gasteiger partial charge in [-0.05, 0) is 31.2 Å². The summed E-state index contributed by atoms with van der Waals surface area (Å²) in [5, 5.41) is 10.7. The van der Waals surface area contributed by atoms with Crippen LogP contribution in [0.25, 0.3) is 0 Å². The van der Waals surface area contributed by atoms with Crippen LogP contribution in [-0.2, 0) is 20.9 Å². The molecular weight excluding hydrogens is 432 g/mol. The van der Waals surface area contributed by atoms with Crippen LogP contribution < -0.4 is 10.6 Å². The van der Waals surface area contributed by atoms with E-state index in [4.69, 9.17) is 15.2 Å². The molecule has 0 radical (unpaired) electrons. The summed E-state index contributed by atoms with van der Waals surface area (Å²) in [5.41, 5.74) is 7.46. The number of nitrogens with two attached hydrogens (primary N) is 1. The van der Waals surface area contributed by atoms with Crippen molar-refractivity contribution < 1.29 is 24.0 Å². The van der Waals surface area contributed by atoms with Gasteiger partial charge in [-0.15, -0.1) is 0 Å². The van der Waals surface area contributed by atoms with Crippen LogP contribution in [-0.4, -0.2) is 38.5 Å². The van der Waals surface area contributed by atoms with Crippen LogP contribution in [0.1, 0.15) is 28.7 Å². The molecule has 170 valence electrons. The van der Waals surface area contributed by atoms with Gasteiger partial charge in [0.25, 0.3) is 5.69 Å². The van der Waals surface area contributed by atoms with E-state index in [1.165, 1.54) is 36.1 Å². The van der Waals surface area contributed by atoms with E-state index in [-0.39, 0.29) is 42.3 Å². The number of nitro groups is 1. The van der Waals surface area contributed by atoms with E-state index in [1.807, 2.05) is 19.1 Å². The molecule has 0 aliphatic heterocycles. The first-order valence-corrected chi connectivity index (χ1v) is 9.62. The van der Waals surface area contributed by atoms with Crippen molar-refractivity contribution in [3.63, 3.8) is 0 Å². The van der Waals surface area contributed by atoms with Gasteiger partial charge in [0.15, 0.2) is 19.2 Å². The molecule has 3 aromatic rings. The second kappa shape index (κ2) is 10.1. The number of nitrogen functional groups attached to an aromatic ring is 1. The summed E-state index contributed by atoms with van der Waals surface area (Å²) >= 11 is 0. The van der Waals surface area contributed by atoms with E-state index in [2.05, 4.69) is 15.0 Å². The smallest absolute Gasteiger partial charge is 0.338 e. The number of carbonyl (C=O) groups excluding carboxylic acids is 2. The first kappa shape index (κ1) is 23.1. The van der Waals surface area contributed by atoms with E-state index < -0.39 is 16.9 Å². The molecule has 3 rings (SSSR count).